The highest BCUT2D eigenvalue weighted by molar-refractivity contribution is 5.97. The summed E-state index contributed by atoms with van der Waals surface area (Å²) in [7, 11) is 0. The number of nitrogens with zero attached hydrogens (tertiary/aromatic N) is 1. The summed E-state index contributed by atoms with van der Waals surface area (Å²) in [6.07, 6.45) is -5.89. The number of rotatable bonds is 6. The molecule has 1 fully saturated rings. The van der Waals surface area contributed by atoms with Crippen molar-refractivity contribution >= 4 is 17.5 Å². The van der Waals surface area contributed by atoms with Crippen LogP contribution in [-0.2, 0) is 9.53 Å². The van der Waals surface area contributed by atoms with Crippen molar-refractivity contribution in [2.45, 2.75) is 44.6 Å². The number of benzene rings is 1. The highest BCUT2D eigenvalue weighted by Gasteiger charge is 2.66. The maximum absolute atomic E-state index is 14.5. The molecule has 8 nitrogen and oxygen atoms in total. The molecule has 2 amide bonds. The number of pyridine rings is 1. The zero-order valence-corrected chi connectivity index (χ0v) is 18.8. The molecule has 3 N–H and O–H groups in total. The Hall–Kier alpha value is -3.48. The van der Waals surface area contributed by atoms with Crippen LogP contribution in [0, 0.1) is 22.8 Å². The van der Waals surface area contributed by atoms with Crippen LogP contribution in [0.4, 0.5) is 27.6 Å². The zero-order chi connectivity index (χ0) is 26.3. The third-order valence-electron chi connectivity index (χ3n) is 6.09. The molecular weight excluding hydrogens is 481 g/mol. The molecule has 0 saturated carbocycles. The molecule has 0 radical (unpaired) electrons. The number of hydrogen-bond donors (Lipinski definition) is 2. The van der Waals surface area contributed by atoms with Crippen molar-refractivity contribution in [3.8, 4) is 5.75 Å². The van der Waals surface area contributed by atoms with Gasteiger partial charge in [-0.3, -0.25) is 9.59 Å². The van der Waals surface area contributed by atoms with Gasteiger partial charge >= 0.3 is 12.1 Å². The normalized spacial score (nSPS) is 24.3. The minimum atomic E-state index is -4.93. The number of amides is 2. The van der Waals surface area contributed by atoms with E-state index in [0.29, 0.717) is 0 Å². The molecular formula is C22H22F5N3O5. The minimum absolute atomic E-state index is 0.123. The smallest absolute Gasteiger partial charge is 0.417 e. The number of nitrogens with one attached hydrogen (secondary N) is 1. The number of aromatic nitrogens is 1. The van der Waals surface area contributed by atoms with E-state index in [4.69, 9.17) is 15.2 Å². The third-order valence-corrected chi connectivity index (χ3v) is 6.09. The van der Waals surface area contributed by atoms with Gasteiger partial charge in [-0.1, -0.05) is 13.0 Å². The van der Waals surface area contributed by atoms with E-state index in [1.807, 2.05) is 0 Å². The molecule has 35 heavy (non-hydrogen) atoms. The third kappa shape index (κ3) is 4.59. The number of alkyl halides is 3. The quantitative estimate of drug-likeness (QED) is 0.357. The first kappa shape index (κ1) is 26.1. The molecule has 4 atom stereocenters. The second-order valence-electron chi connectivity index (χ2n) is 8.15. The van der Waals surface area contributed by atoms with E-state index >= 15 is 0 Å². The van der Waals surface area contributed by atoms with Gasteiger partial charge in [0.15, 0.2) is 23.4 Å². The van der Waals surface area contributed by atoms with Crippen LogP contribution in [0.1, 0.15) is 42.7 Å². The first-order valence-corrected chi connectivity index (χ1v) is 10.4. The van der Waals surface area contributed by atoms with Crippen molar-refractivity contribution in [1.29, 1.82) is 0 Å². The lowest BCUT2D eigenvalue weighted by Crippen LogP contribution is -2.47. The average molecular weight is 503 g/mol. The largest absolute Gasteiger partial charge is 0.618 e. The number of primary amides is 1. The molecule has 1 aliphatic heterocycles. The van der Waals surface area contributed by atoms with Gasteiger partial charge in [0.1, 0.15) is 6.10 Å². The fourth-order valence-corrected chi connectivity index (χ4v) is 4.08. The Morgan fingerprint density at radius 3 is 2.51 bits per heavy atom. The predicted octanol–water partition coefficient (Wildman–Crippen LogP) is 3.17. The summed E-state index contributed by atoms with van der Waals surface area (Å²) in [6.45, 7) is 3.28. The SMILES string of the molecule is CCOc1c([C@H]2[C@@H](C(=O)Nc3cc[n+]([O-])c(C(N)=O)c3)O[C@](C)(C(F)(F)F)[C@H]2C)ccc(F)c1F. The second kappa shape index (κ2) is 9.29. The molecule has 1 saturated heterocycles. The van der Waals surface area contributed by atoms with E-state index in [9.17, 15) is 36.7 Å². The van der Waals surface area contributed by atoms with Gasteiger partial charge in [-0.2, -0.15) is 22.3 Å². The standard InChI is InChI=1S/C22H22F5N3O5/c1-4-34-17-12(5-6-13(23)16(17)24)15-10(2)21(3,22(25,26)27)35-18(15)20(32)29-11-7-8-30(33)14(9-11)19(28)31/h5-10,15,18H,4H2,1-3H3,(H2,28,31)(H,29,32)/t10-,15-,18-,21-/m0/s1. The zero-order valence-electron chi connectivity index (χ0n) is 18.8. The summed E-state index contributed by atoms with van der Waals surface area (Å²) in [6, 6.07) is 3.80. The second-order valence-corrected chi connectivity index (χ2v) is 8.15. The van der Waals surface area contributed by atoms with Crippen molar-refractivity contribution < 1.29 is 45.7 Å². The lowest BCUT2D eigenvalue weighted by Gasteiger charge is -2.32. The summed E-state index contributed by atoms with van der Waals surface area (Å²) in [4.78, 5) is 24.5. The van der Waals surface area contributed by atoms with E-state index in [2.05, 4.69) is 5.32 Å². The Morgan fingerprint density at radius 1 is 1.29 bits per heavy atom. The number of ether oxygens (including phenoxy) is 2. The van der Waals surface area contributed by atoms with E-state index in [-0.39, 0.29) is 22.6 Å². The molecule has 1 aliphatic rings. The molecule has 2 aromatic rings. The molecule has 0 bridgehead atoms. The summed E-state index contributed by atoms with van der Waals surface area (Å²) < 4.78 is 81.1. The number of nitrogens with two attached hydrogens (primary N) is 1. The Balaban J connectivity index is 2.09. The number of carbonyl (C=O) groups excluding carboxylic acids is 2. The number of anilines is 1. The van der Waals surface area contributed by atoms with Crippen molar-refractivity contribution in [2.75, 3.05) is 11.9 Å². The molecule has 190 valence electrons. The molecule has 0 aliphatic carbocycles. The van der Waals surface area contributed by atoms with Gasteiger partial charge in [0.25, 0.3) is 11.6 Å². The van der Waals surface area contributed by atoms with Gasteiger partial charge in [0.05, 0.1) is 12.3 Å². The van der Waals surface area contributed by atoms with E-state index < -0.39 is 64.6 Å². The van der Waals surface area contributed by atoms with E-state index in [1.165, 1.54) is 13.8 Å². The van der Waals surface area contributed by atoms with Crippen molar-refractivity contribution in [2.24, 2.45) is 11.7 Å². The maximum atomic E-state index is 14.5. The Kier molecular flexibility index (Phi) is 6.93. The highest BCUT2D eigenvalue weighted by atomic mass is 19.4. The molecule has 3 rings (SSSR count). The Bertz CT molecular complexity index is 1160. The minimum Gasteiger partial charge on any atom is -0.618 e. The fraction of sp³-hybridized carbons (Fsp3) is 0.409. The first-order chi connectivity index (χ1) is 16.2. The predicted molar refractivity (Wildman–Crippen MR) is 111 cm³/mol. The lowest BCUT2D eigenvalue weighted by atomic mass is 9.77. The van der Waals surface area contributed by atoms with Crippen molar-refractivity contribution in [3.63, 3.8) is 0 Å². The number of halogens is 5. The fourth-order valence-electron chi connectivity index (χ4n) is 4.08. The molecule has 0 unspecified atom stereocenters. The van der Waals surface area contributed by atoms with Crippen LogP contribution in [0.5, 0.6) is 5.75 Å². The molecule has 1 aromatic carbocycles. The van der Waals surface area contributed by atoms with Crippen LogP contribution in [0.3, 0.4) is 0 Å². The molecule has 13 heteroatoms. The topological polar surface area (TPSA) is 118 Å². The lowest BCUT2D eigenvalue weighted by molar-refractivity contribution is -0.607. The van der Waals surface area contributed by atoms with Crippen molar-refractivity contribution in [1.82, 2.24) is 0 Å². The van der Waals surface area contributed by atoms with Gasteiger partial charge in [-0.05, 0) is 19.9 Å². The monoisotopic (exact) mass is 503 g/mol. The molecule has 2 heterocycles. The number of carbonyl (C=O) groups is 2. The first-order valence-electron chi connectivity index (χ1n) is 10.4. The summed E-state index contributed by atoms with van der Waals surface area (Å²) in [5.74, 6) is -8.36. The van der Waals surface area contributed by atoms with Gasteiger partial charge in [0.2, 0.25) is 5.82 Å². The number of hydrogen-bond acceptors (Lipinski definition) is 5. The molecule has 0 spiro atoms. The van der Waals surface area contributed by atoms with Crippen LogP contribution >= 0.6 is 0 Å². The molecule has 1 aromatic heterocycles. The summed E-state index contributed by atoms with van der Waals surface area (Å²) in [5.41, 5.74) is 1.44. The van der Waals surface area contributed by atoms with Gasteiger partial charge in [-0.15, -0.1) is 0 Å². The Morgan fingerprint density at radius 2 is 1.94 bits per heavy atom. The summed E-state index contributed by atoms with van der Waals surface area (Å²) >= 11 is 0. The van der Waals surface area contributed by atoms with Crippen LogP contribution in [0.2, 0.25) is 0 Å². The van der Waals surface area contributed by atoms with Gasteiger partial charge < -0.3 is 25.7 Å². The van der Waals surface area contributed by atoms with Crippen molar-refractivity contribution in [3.05, 3.63) is 58.6 Å². The highest BCUT2D eigenvalue weighted by Crippen LogP contribution is 2.55. The van der Waals surface area contributed by atoms with Crippen LogP contribution in [0.15, 0.2) is 30.5 Å². The average Bonchev–Trinajstić information content (AvgIpc) is 3.05. The van der Waals surface area contributed by atoms with Crippen LogP contribution in [0.25, 0.3) is 0 Å². The van der Waals surface area contributed by atoms with Gasteiger partial charge in [-0.25, -0.2) is 4.39 Å². The Labute approximate surface area is 196 Å². The van der Waals surface area contributed by atoms with Gasteiger partial charge in [0, 0.05) is 29.5 Å². The van der Waals surface area contributed by atoms with E-state index in [0.717, 1.165) is 37.4 Å². The maximum Gasteiger partial charge on any atom is 0.417 e. The van der Waals surface area contributed by atoms with E-state index in [1.54, 1.807) is 0 Å². The van der Waals surface area contributed by atoms with Crippen LogP contribution in [-0.4, -0.2) is 36.3 Å². The summed E-state index contributed by atoms with van der Waals surface area (Å²) in [5, 5.41) is 14.0. The van der Waals surface area contributed by atoms with Crippen LogP contribution < -0.4 is 20.5 Å².